The fourth-order valence-corrected chi connectivity index (χ4v) is 1.46. The molecule has 1 rings (SSSR count). The highest BCUT2D eigenvalue weighted by molar-refractivity contribution is 9.10. The number of alkyl halides is 3. The van der Waals surface area contributed by atoms with E-state index in [1.54, 1.807) is 13.8 Å². The lowest BCUT2D eigenvalue weighted by atomic mass is 10.1. The van der Waals surface area contributed by atoms with Crippen LogP contribution in [0.25, 0.3) is 0 Å². The van der Waals surface area contributed by atoms with Gasteiger partial charge in [-0.15, -0.1) is 0 Å². The Morgan fingerprint density at radius 2 is 1.94 bits per heavy atom. The van der Waals surface area contributed by atoms with Crippen molar-refractivity contribution in [2.45, 2.75) is 20.0 Å². The Labute approximate surface area is 99.0 Å². The smallest absolute Gasteiger partial charge is 0.292 e. The van der Waals surface area contributed by atoms with Gasteiger partial charge in [-0.2, -0.15) is 13.2 Å². The van der Waals surface area contributed by atoms with Gasteiger partial charge in [0.1, 0.15) is 11.4 Å². The maximum Gasteiger partial charge on any atom is 0.433 e. The monoisotopic (exact) mass is 295 g/mol. The SMILES string of the molecule is CC(C)C(=O)c1nc(C(F)(F)F)ccc1Br. The summed E-state index contributed by atoms with van der Waals surface area (Å²) in [5.41, 5.74) is -1.23. The van der Waals surface area contributed by atoms with Gasteiger partial charge in [-0.05, 0) is 28.1 Å². The fourth-order valence-electron chi connectivity index (χ4n) is 1.05. The van der Waals surface area contributed by atoms with Crippen LogP contribution in [0.15, 0.2) is 16.6 Å². The van der Waals surface area contributed by atoms with Gasteiger partial charge in [0.2, 0.25) is 0 Å². The zero-order valence-electron chi connectivity index (χ0n) is 8.60. The third-order valence-electron chi connectivity index (χ3n) is 1.89. The lowest BCUT2D eigenvalue weighted by Crippen LogP contribution is -2.15. The molecular formula is C10H9BrF3NO. The first-order valence-electron chi connectivity index (χ1n) is 4.51. The van der Waals surface area contributed by atoms with Crippen LogP contribution in [0.3, 0.4) is 0 Å². The minimum atomic E-state index is -4.54. The zero-order valence-corrected chi connectivity index (χ0v) is 10.2. The quantitative estimate of drug-likeness (QED) is 0.779. The van der Waals surface area contributed by atoms with E-state index in [1.807, 2.05) is 0 Å². The van der Waals surface area contributed by atoms with Crippen LogP contribution in [0.5, 0.6) is 0 Å². The molecule has 1 aromatic heterocycles. The molecule has 0 aliphatic carbocycles. The van der Waals surface area contributed by atoms with Crippen LogP contribution >= 0.6 is 15.9 Å². The number of carbonyl (C=O) groups excluding carboxylic acids is 1. The molecule has 1 aromatic rings. The van der Waals surface area contributed by atoms with Crippen LogP contribution in [0.4, 0.5) is 13.2 Å². The van der Waals surface area contributed by atoms with Gasteiger partial charge in [0.25, 0.3) is 0 Å². The molecule has 0 spiro atoms. The number of ketones is 1. The second kappa shape index (κ2) is 4.53. The van der Waals surface area contributed by atoms with E-state index >= 15 is 0 Å². The van der Waals surface area contributed by atoms with E-state index in [4.69, 9.17) is 0 Å². The molecule has 0 saturated heterocycles. The second-order valence-electron chi connectivity index (χ2n) is 3.54. The van der Waals surface area contributed by atoms with Crippen molar-refractivity contribution in [1.82, 2.24) is 4.98 Å². The van der Waals surface area contributed by atoms with E-state index in [1.165, 1.54) is 6.07 Å². The highest BCUT2D eigenvalue weighted by Gasteiger charge is 2.33. The van der Waals surface area contributed by atoms with Gasteiger partial charge >= 0.3 is 6.18 Å². The molecule has 0 fully saturated rings. The Balaban J connectivity index is 3.25. The number of rotatable bonds is 2. The molecular weight excluding hydrogens is 287 g/mol. The highest BCUT2D eigenvalue weighted by atomic mass is 79.9. The van der Waals surface area contributed by atoms with Crippen LogP contribution in [-0.2, 0) is 6.18 Å². The van der Waals surface area contributed by atoms with Gasteiger partial charge in [-0.1, -0.05) is 13.8 Å². The zero-order chi connectivity index (χ0) is 12.5. The first kappa shape index (κ1) is 13.2. The van der Waals surface area contributed by atoms with E-state index in [0.717, 1.165) is 6.07 Å². The molecule has 0 amide bonds. The van der Waals surface area contributed by atoms with Crippen LogP contribution < -0.4 is 0 Å². The molecule has 0 N–H and O–H groups in total. The molecule has 0 radical (unpaired) electrons. The molecule has 1 heterocycles. The standard InChI is InChI=1S/C10H9BrF3NO/c1-5(2)9(16)8-6(11)3-4-7(15-8)10(12,13)14/h3-5H,1-2H3. The van der Waals surface area contributed by atoms with Crippen molar-refractivity contribution in [3.8, 4) is 0 Å². The molecule has 0 aliphatic heterocycles. The molecule has 16 heavy (non-hydrogen) atoms. The van der Waals surface area contributed by atoms with E-state index in [-0.39, 0.29) is 10.2 Å². The van der Waals surface area contributed by atoms with Gasteiger partial charge in [-0.3, -0.25) is 4.79 Å². The first-order chi connectivity index (χ1) is 7.23. The molecule has 0 atom stereocenters. The third kappa shape index (κ3) is 2.81. The maximum atomic E-state index is 12.4. The van der Waals surface area contributed by atoms with Crippen molar-refractivity contribution in [3.63, 3.8) is 0 Å². The van der Waals surface area contributed by atoms with Crippen molar-refractivity contribution in [1.29, 1.82) is 0 Å². The Kier molecular flexibility index (Phi) is 3.72. The Hall–Kier alpha value is -0.910. The number of pyridine rings is 1. The number of halogens is 4. The minimum absolute atomic E-state index is 0.176. The number of aromatic nitrogens is 1. The van der Waals surface area contributed by atoms with E-state index in [0.29, 0.717) is 0 Å². The average molecular weight is 296 g/mol. The predicted molar refractivity (Wildman–Crippen MR) is 56.1 cm³/mol. The van der Waals surface area contributed by atoms with E-state index in [9.17, 15) is 18.0 Å². The van der Waals surface area contributed by atoms with Crippen LogP contribution in [0, 0.1) is 5.92 Å². The molecule has 0 aliphatic rings. The Morgan fingerprint density at radius 3 is 2.38 bits per heavy atom. The number of hydrogen-bond donors (Lipinski definition) is 0. The third-order valence-corrected chi connectivity index (χ3v) is 2.53. The highest BCUT2D eigenvalue weighted by Crippen LogP contribution is 2.30. The van der Waals surface area contributed by atoms with Crippen molar-refractivity contribution in [3.05, 3.63) is 28.0 Å². The lowest BCUT2D eigenvalue weighted by Gasteiger charge is -2.10. The lowest BCUT2D eigenvalue weighted by molar-refractivity contribution is -0.141. The molecule has 6 heteroatoms. The summed E-state index contributed by atoms with van der Waals surface area (Å²) in [6.07, 6.45) is -4.54. The molecule has 2 nitrogen and oxygen atoms in total. The summed E-state index contributed by atoms with van der Waals surface area (Å²) in [6, 6.07) is 2.02. The first-order valence-corrected chi connectivity index (χ1v) is 5.30. The minimum Gasteiger partial charge on any atom is -0.292 e. The van der Waals surface area contributed by atoms with Crippen LogP contribution in [0.1, 0.15) is 30.0 Å². The predicted octanol–water partition coefficient (Wildman–Crippen LogP) is 3.70. The van der Waals surface area contributed by atoms with Gasteiger partial charge in [0, 0.05) is 10.4 Å². The van der Waals surface area contributed by atoms with Crippen molar-refractivity contribution in [2.75, 3.05) is 0 Å². The topological polar surface area (TPSA) is 30.0 Å². The number of nitrogens with zero attached hydrogens (tertiary/aromatic N) is 1. The Bertz CT molecular complexity index is 415. The summed E-state index contributed by atoms with van der Waals surface area (Å²) in [5, 5.41) is 0. The summed E-state index contributed by atoms with van der Waals surface area (Å²) in [7, 11) is 0. The molecule has 0 saturated carbocycles. The summed E-state index contributed by atoms with van der Waals surface area (Å²) in [6.45, 7) is 3.22. The Morgan fingerprint density at radius 1 is 1.38 bits per heavy atom. The van der Waals surface area contributed by atoms with E-state index < -0.39 is 23.6 Å². The summed E-state index contributed by atoms with van der Waals surface area (Å²) in [4.78, 5) is 14.9. The largest absolute Gasteiger partial charge is 0.433 e. The molecule has 0 aromatic carbocycles. The van der Waals surface area contributed by atoms with Crippen LogP contribution in [-0.4, -0.2) is 10.8 Å². The fraction of sp³-hybridized carbons (Fsp3) is 0.400. The number of Topliss-reactive ketones (excluding diaryl/α,β-unsaturated/α-hetero) is 1. The average Bonchev–Trinajstić information content (AvgIpc) is 2.15. The van der Waals surface area contributed by atoms with Crippen molar-refractivity contribution >= 4 is 21.7 Å². The summed E-state index contributed by atoms with van der Waals surface area (Å²) >= 11 is 3.02. The maximum absolute atomic E-state index is 12.4. The summed E-state index contributed by atoms with van der Waals surface area (Å²) < 4.78 is 37.4. The molecule has 88 valence electrons. The van der Waals surface area contributed by atoms with Gasteiger partial charge in [-0.25, -0.2) is 4.98 Å². The normalized spacial score (nSPS) is 11.9. The second-order valence-corrected chi connectivity index (χ2v) is 4.40. The van der Waals surface area contributed by atoms with E-state index in [2.05, 4.69) is 20.9 Å². The van der Waals surface area contributed by atoms with Crippen molar-refractivity contribution in [2.24, 2.45) is 5.92 Å². The summed E-state index contributed by atoms with van der Waals surface area (Å²) in [5.74, 6) is -0.815. The van der Waals surface area contributed by atoms with Gasteiger partial charge in [0.15, 0.2) is 5.78 Å². The number of carbonyl (C=O) groups is 1. The van der Waals surface area contributed by atoms with Gasteiger partial charge < -0.3 is 0 Å². The van der Waals surface area contributed by atoms with Gasteiger partial charge in [0.05, 0.1) is 0 Å². The van der Waals surface area contributed by atoms with Crippen LogP contribution in [0.2, 0.25) is 0 Å². The molecule has 0 bridgehead atoms. The van der Waals surface area contributed by atoms with Crippen molar-refractivity contribution < 1.29 is 18.0 Å². The number of hydrogen-bond acceptors (Lipinski definition) is 2. The molecule has 0 unspecified atom stereocenters.